The maximum absolute atomic E-state index is 13.1. The van der Waals surface area contributed by atoms with Crippen molar-refractivity contribution >= 4 is 17.8 Å². The van der Waals surface area contributed by atoms with E-state index < -0.39 is 12.0 Å². The Kier molecular flexibility index (Phi) is 8.96. The van der Waals surface area contributed by atoms with Crippen LogP contribution in [-0.2, 0) is 14.3 Å². The van der Waals surface area contributed by atoms with Crippen LogP contribution in [0, 0.1) is 5.92 Å². The zero-order valence-corrected chi connectivity index (χ0v) is 17.6. The lowest BCUT2D eigenvalue weighted by Gasteiger charge is -2.34. The van der Waals surface area contributed by atoms with Crippen molar-refractivity contribution in [2.45, 2.75) is 52.5 Å². The molecule has 29 heavy (non-hydrogen) atoms. The maximum atomic E-state index is 13.1. The van der Waals surface area contributed by atoms with E-state index in [0.29, 0.717) is 43.5 Å². The van der Waals surface area contributed by atoms with Gasteiger partial charge in [0.2, 0.25) is 5.91 Å². The number of unbranched alkanes of at least 4 members (excludes halogenated alkanes) is 2. The second kappa shape index (κ2) is 11.4. The van der Waals surface area contributed by atoms with E-state index in [0.717, 1.165) is 19.3 Å². The van der Waals surface area contributed by atoms with Gasteiger partial charge in [0, 0.05) is 18.7 Å². The summed E-state index contributed by atoms with van der Waals surface area (Å²) in [6, 6.07) is 6.06. The first kappa shape index (κ1) is 22.7. The van der Waals surface area contributed by atoms with Gasteiger partial charge in [-0.15, -0.1) is 0 Å². The molecule has 1 aliphatic heterocycles. The Balaban J connectivity index is 2.05. The van der Waals surface area contributed by atoms with Gasteiger partial charge >= 0.3 is 5.97 Å². The van der Waals surface area contributed by atoms with E-state index in [1.165, 1.54) is 4.90 Å². The molecule has 1 aromatic carbocycles. The van der Waals surface area contributed by atoms with Crippen LogP contribution in [0.2, 0.25) is 0 Å². The molecule has 1 aliphatic rings. The first-order chi connectivity index (χ1) is 13.9. The van der Waals surface area contributed by atoms with Crippen LogP contribution in [0.5, 0.6) is 5.75 Å². The first-order valence-electron chi connectivity index (χ1n) is 10.4. The van der Waals surface area contributed by atoms with Gasteiger partial charge in [0.15, 0.2) is 0 Å². The van der Waals surface area contributed by atoms with Gasteiger partial charge in [-0.3, -0.25) is 14.4 Å². The molecular weight excluding hydrogens is 372 g/mol. The molecule has 0 saturated carbocycles. The second-order valence-corrected chi connectivity index (χ2v) is 7.67. The summed E-state index contributed by atoms with van der Waals surface area (Å²) in [4.78, 5) is 39.0. The highest BCUT2D eigenvalue weighted by atomic mass is 16.5. The number of piperazine rings is 1. The minimum absolute atomic E-state index is 0.146. The monoisotopic (exact) mass is 404 g/mol. The van der Waals surface area contributed by atoms with Gasteiger partial charge < -0.3 is 19.7 Å². The predicted octanol–water partition coefficient (Wildman–Crippen LogP) is 2.79. The summed E-state index contributed by atoms with van der Waals surface area (Å²) in [7, 11) is 0. The van der Waals surface area contributed by atoms with Gasteiger partial charge in [-0.05, 0) is 30.5 Å². The fourth-order valence-corrected chi connectivity index (χ4v) is 3.06. The van der Waals surface area contributed by atoms with Crippen molar-refractivity contribution in [2.75, 3.05) is 26.3 Å². The van der Waals surface area contributed by atoms with Crippen molar-refractivity contribution in [1.29, 1.82) is 0 Å². The van der Waals surface area contributed by atoms with Gasteiger partial charge in [-0.1, -0.05) is 39.7 Å². The highest BCUT2D eigenvalue weighted by molar-refractivity contribution is 5.99. The Morgan fingerprint density at radius 1 is 1.28 bits per heavy atom. The lowest BCUT2D eigenvalue weighted by atomic mass is 10.1. The number of nitrogens with one attached hydrogen (secondary N) is 1. The number of hydrogen-bond donors (Lipinski definition) is 1. The number of rotatable bonds is 10. The highest BCUT2D eigenvalue weighted by Gasteiger charge is 2.35. The molecule has 2 amide bonds. The summed E-state index contributed by atoms with van der Waals surface area (Å²) in [6.07, 6.45) is 2.67. The molecule has 1 aromatic rings. The fraction of sp³-hybridized carbons (Fsp3) is 0.591. The van der Waals surface area contributed by atoms with Crippen LogP contribution in [0.1, 0.15) is 56.8 Å². The SMILES string of the molecule is CCCCCOC(=O)CC1C(=O)NCCN1C(=O)c1cccc(OCC(C)C)c1. The molecule has 2 rings (SSSR count). The molecular formula is C22H32N2O5. The minimum atomic E-state index is -0.866. The fourth-order valence-electron chi connectivity index (χ4n) is 3.06. The van der Waals surface area contributed by atoms with E-state index >= 15 is 0 Å². The summed E-state index contributed by atoms with van der Waals surface area (Å²) in [5.41, 5.74) is 0.433. The number of carbonyl (C=O) groups excluding carboxylic acids is 3. The molecule has 160 valence electrons. The summed E-state index contributed by atoms with van der Waals surface area (Å²) in [5, 5.41) is 2.73. The number of hydrogen-bond acceptors (Lipinski definition) is 5. The molecule has 0 radical (unpaired) electrons. The molecule has 0 spiro atoms. The molecule has 7 heteroatoms. The molecule has 7 nitrogen and oxygen atoms in total. The summed E-state index contributed by atoms with van der Waals surface area (Å²) in [6.45, 7) is 7.76. The third-order valence-electron chi connectivity index (χ3n) is 4.63. The van der Waals surface area contributed by atoms with E-state index in [1.54, 1.807) is 24.3 Å². The predicted molar refractivity (Wildman–Crippen MR) is 110 cm³/mol. The zero-order chi connectivity index (χ0) is 21.2. The Labute approximate surface area is 172 Å². The molecule has 1 N–H and O–H groups in total. The molecule has 0 bridgehead atoms. The topological polar surface area (TPSA) is 84.9 Å². The van der Waals surface area contributed by atoms with Gasteiger partial charge in [-0.25, -0.2) is 0 Å². The van der Waals surface area contributed by atoms with E-state index in [4.69, 9.17) is 9.47 Å². The number of amides is 2. The molecule has 1 fully saturated rings. The van der Waals surface area contributed by atoms with Gasteiger partial charge in [0.25, 0.3) is 5.91 Å². The third kappa shape index (κ3) is 7.07. The van der Waals surface area contributed by atoms with Crippen LogP contribution < -0.4 is 10.1 Å². The van der Waals surface area contributed by atoms with E-state index in [-0.39, 0.29) is 18.2 Å². The van der Waals surface area contributed by atoms with E-state index in [2.05, 4.69) is 12.2 Å². The lowest BCUT2D eigenvalue weighted by Crippen LogP contribution is -2.57. The average molecular weight is 405 g/mol. The van der Waals surface area contributed by atoms with Crippen molar-refractivity contribution in [3.63, 3.8) is 0 Å². The van der Waals surface area contributed by atoms with Crippen molar-refractivity contribution in [3.8, 4) is 5.75 Å². The van der Waals surface area contributed by atoms with Gasteiger partial charge in [-0.2, -0.15) is 0 Å². The molecule has 1 atom stereocenters. The van der Waals surface area contributed by atoms with Gasteiger partial charge in [0.05, 0.1) is 19.6 Å². The van der Waals surface area contributed by atoms with Crippen molar-refractivity contribution in [1.82, 2.24) is 10.2 Å². The first-order valence-corrected chi connectivity index (χ1v) is 10.4. The normalized spacial score (nSPS) is 16.5. The number of ether oxygens (including phenoxy) is 2. The van der Waals surface area contributed by atoms with Crippen molar-refractivity contribution in [2.24, 2.45) is 5.92 Å². The Morgan fingerprint density at radius 2 is 2.07 bits per heavy atom. The molecule has 1 saturated heterocycles. The summed E-state index contributed by atoms with van der Waals surface area (Å²) >= 11 is 0. The van der Waals surface area contributed by atoms with Crippen LogP contribution >= 0.6 is 0 Å². The Hall–Kier alpha value is -2.57. The van der Waals surface area contributed by atoms with E-state index in [9.17, 15) is 14.4 Å². The van der Waals surface area contributed by atoms with Crippen LogP contribution in [0.25, 0.3) is 0 Å². The zero-order valence-electron chi connectivity index (χ0n) is 17.6. The van der Waals surface area contributed by atoms with Gasteiger partial charge in [0.1, 0.15) is 11.8 Å². The highest BCUT2D eigenvalue weighted by Crippen LogP contribution is 2.19. The quantitative estimate of drug-likeness (QED) is 0.479. The van der Waals surface area contributed by atoms with Crippen LogP contribution in [-0.4, -0.2) is 55.0 Å². The number of nitrogens with zero attached hydrogens (tertiary/aromatic N) is 1. The van der Waals surface area contributed by atoms with E-state index in [1.807, 2.05) is 13.8 Å². The maximum Gasteiger partial charge on any atom is 0.308 e. The number of carbonyl (C=O) groups is 3. The van der Waals surface area contributed by atoms with Crippen molar-refractivity contribution in [3.05, 3.63) is 29.8 Å². The minimum Gasteiger partial charge on any atom is -0.493 e. The van der Waals surface area contributed by atoms with Crippen LogP contribution in [0.15, 0.2) is 24.3 Å². The summed E-state index contributed by atoms with van der Waals surface area (Å²) in [5.74, 6) is -0.110. The Morgan fingerprint density at radius 3 is 2.79 bits per heavy atom. The molecule has 1 heterocycles. The molecule has 0 aromatic heterocycles. The summed E-state index contributed by atoms with van der Waals surface area (Å²) < 4.78 is 10.9. The number of benzene rings is 1. The molecule has 0 aliphatic carbocycles. The standard InChI is InChI=1S/C22H32N2O5/c1-4-5-6-12-28-20(25)14-19-21(26)23-10-11-24(19)22(27)17-8-7-9-18(13-17)29-15-16(2)3/h7-9,13,16,19H,4-6,10-12,14-15H2,1-3H3,(H,23,26). The largest absolute Gasteiger partial charge is 0.493 e. The number of esters is 1. The average Bonchev–Trinajstić information content (AvgIpc) is 2.71. The third-order valence-corrected chi connectivity index (χ3v) is 4.63. The smallest absolute Gasteiger partial charge is 0.308 e. The lowest BCUT2D eigenvalue weighted by molar-refractivity contribution is -0.147. The second-order valence-electron chi connectivity index (χ2n) is 7.67. The molecule has 1 unspecified atom stereocenters. The van der Waals surface area contributed by atoms with Crippen LogP contribution in [0.3, 0.4) is 0 Å². The Bertz CT molecular complexity index is 704. The van der Waals surface area contributed by atoms with Crippen molar-refractivity contribution < 1.29 is 23.9 Å². The van der Waals surface area contributed by atoms with Crippen LogP contribution in [0.4, 0.5) is 0 Å².